The number of rotatable bonds is 7. The van der Waals surface area contributed by atoms with Crippen molar-refractivity contribution in [3.63, 3.8) is 0 Å². The summed E-state index contributed by atoms with van der Waals surface area (Å²) in [5.41, 5.74) is 1.35. The zero-order chi connectivity index (χ0) is 20.9. The monoisotopic (exact) mass is 442 g/mol. The summed E-state index contributed by atoms with van der Waals surface area (Å²) in [6.07, 6.45) is 1.45. The number of thiophene rings is 1. The Morgan fingerprint density at radius 1 is 1.20 bits per heavy atom. The fourth-order valence-corrected chi connectivity index (χ4v) is 3.66. The second-order valence-electron chi connectivity index (χ2n) is 6.38. The number of nitrogens with one attached hydrogen (secondary N) is 1. The van der Waals surface area contributed by atoms with Crippen LogP contribution in [0.5, 0.6) is 5.75 Å². The predicted octanol–water partition coefficient (Wildman–Crippen LogP) is 5.01. The van der Waals surface area contributed by atoms with Crippen LogP contribution in [0.25, 0.3) is 0 Å². The van der Waals surface area contributed by atoms with E-state index in [1.807, 2.05) is 17.5 Å². The highest BCUT2D eigenvalue weighted by Crippen LogP contribution is 2.21. The number of halogens is 2. The normalized spacial score (nSPS) is 10.7. The second kappa shape index (κ2) is 9.06. The third kappa shape index (κ3) is 5.03. The van der Waals surface area contributed by atoms with Crippen molar-refractivity contribution in [1.29, 1.82) is 0 Å². The molecule has 2 heterocycles. The van der Waals surface area contributed by atoms with Gasteiger partial charge in [-0.2, -0.15) is 0 Å². The molecule has 0 aliphatic heterocycles. The smallest absolute Gasteiger partial charge is 0.268 e. The highest BCUT2D eigenvalue weighted by atomic mass is 35.5. The number of carbonyl (C=O) groups excluding carboxylic acids is 1. The van der Waals surface area contributed by atoms with Gasteiger partial charge in [-0.05, 0) is 35.7 Å². The van der Waals surface area contributed by atoms with Gasteiger partial charge in [0.25, 0.3) is 5.91 Å². The van der Waals surface area contributed by atoms with E-state index in [4.69, 9.17) is 16.3 Å². The molecule has 0 bridgehead atoms. The van der Waals surface area contributed by atoms with E-state index in [2.05, 4.69) is 15.4 Å². The predicted molar refractivity (Wildman–Crippen MR) is 114 cm³/mol. The van der Waals surface area contributed by atoms with E-state index in [9.17, 15) is 9.18 Å². The lowest BCUT2D eigenvalue weighted by molar-refractivity contribution is 0.102. The van der Waals surface area contributed by atoms with Gasteiger partial charge < -0.3 is 4.74 Å². The molecule has 0 spiro atoms. The first kappa shape index (κ1) is 20.1. The van der Waals surface area contributed by atoms with Gasteiger partial charge in [-0.25, -0.2) is 14.1 Å². The molecule has 2 aromatic heterocycles. The largest absolute Gasteiger partial charge is 0.489 e. The van der Waals surface area contributed by atoms with E-state index in [1.165, 1.54) is 28.4 Å². The lowest BCUT2D eigenvalue weighted by Crippen LogP contribution is -2.12. The van der Waals surface area contributed by atoms with E-state index >= 15 is 0 Å². The zero-order valence-electron chi connectivity index (χ0n) is 15.6. The maximum absolute atomic E-state index is 13.8. The Labute approximate surface area is 180 Å². The van der Waals surface area contributed by atoms with Crippen LogP contribution in [0, 0.1) is 5.82 Å². The van der Waals surface area contributed by atoms with Crippen LogP contribution >= 0.6 is 22.9 Å². The molecule has 152 valence electrons. The zero-order valence-corrected chi connectivity index (χ0v) is 17.2. The lowest BCUT2D eigenvalue weighted by Gasteiger charge is -2.04. The Hall–Kier alpha value is -3.23. The number of carbonyl (C=O) groups is 1. The molecule has 9 heteroatoms. The van der Waals surface area contributed by atoms with Crippen molar-refractivity contribution in [2.45, 2.75) is 13.2 Å². The minimum Gasteiger partial charge on any atom is -0.489 e. The van der Waals surface area contributed by atoms with Gasteiger partial charge in [0.15, 0.2) is 0 Å². The minimum atomic E-state index is -0.322. The second-order valence-corrected chi connectivity index (χ2v) is 7.72. The SMILES string of the molecule is O=C(Nc1ncn(Cc2ccccc2F)n1)c1cc(COc2cccc(Cl)c2)cs1. The molecule has 0 saturated carbocycles. The van der Waals surface area contributed by atoms with Crippen LogP contribution in [0.15, 0.2) is 66.3 Å². The minimum absolute atomic E-state index is 0.154. The number of aromatic nitrogens is 3. The Kier molecular flexibility index (Phi) is 6.06. The summed E-state index contributed by atoms with van der Waals surface area (Å²) in [6.45, 7) is 0.541. The number of hydrogen-bond acceptors (Lipinski definition) is 5. The van der Waals surface area contributed by atoms with Gasteiger partial charge in [0.2, 0.25) is 5.95 Å². The van der Waals surface area contributed by atoms with Gasteiger partial charge in [0, 0.05) is 16.1 Å². The third-order valence-corrected chi connectivity index (χ3v) is 5.34. The maximum Gasteiger partial charge on any atom is 0.268 e. The first-order valence-electron chi connectivity index (χ1n) is 8.97. The van der Waals surface area contributed by atoms with Crippen LogP contribution in [-0.4, -0.2) is 20.7 Å². The van der Waals surface area contributed by atoms with Crippen molar-refractivity contribution < 1.29 is 13.9 Å². The van der Waals surface area contributed by atoms with E-state index in [0.717, 1.165) is 5.56 Å². The van der Waals surface area contributed by atoms with Crippen molar-refractivity contribution in [2.24, 2.45) is 0 Å². The van der Waals surface area contributed by atoms with Gasteiger partial charge in [-0.1, -0.05) is 35.9 Å². The van der Waals surface area contributed by atoms with Crippen molar-refractivity contribution in [1.82, 2.24) is 14.8 Å². The molecule has 4 rings (SSSR count). The summed E-state index contributed by atoms with van der Waals surface area (Å²) >= 11 is 7.24. The number of hydrogen-bond donors (Lipinski definition) is 1. The highest BCUT2D eigenvalue weighted by Gasteiger charge is 2.13. The van der Waals surface area contributed by atoms with Gasteiger partial charge in [-0.15, -0.1) is 16.4 Å². The van der Waals surface area contributed by atoms with Crippen LogP contribution in [0.4, 0.5) is 10.3 Å². The van der Waals surface area contributed by atoms with E-state index < -0.39 is 0 Å². The fraction of sp³-hybridized carbons (Fsp3) is 0.0952. The molecule has 0 aliphatic rings. The molecule has 0 fully saturated rings. The summed E-state index contributed by atoms with van der Waals surface area (Å²) in [4.78, 5) is 17.0. The standard InChI is InChI=1S/C21H16ClFN4O2S/c22-16-5-3-6-17(9-16)29-11-14-8-19(30-12-14)20(28)25-21-24-13-27(26-21)10-15-4-1-2-7-18(15)23/h1-9,12-13H,10-11H2,(H,25,26,28). The van der Waals surface area contributed by atoms with Gasteiger partial charge in [-0.3, -0.25) is 10.1 Å². The highest BCUT2D eigenvalue weighted by molar-refractivity contribution is 7.12. The van der Waals surface area contributed by atoms with Crippen LogP contribution < -0.4 is 10.1 Å². The number of ether oxygens (including phenoxy) is 1. The Bertz CT molecular complexity index is 1180. The van der Waals surface area contributed by atoms with Crippen LogP contribution in [0.3, 0.4) is 0 Å². The number of nitrogens with zero attached hydrogens (tertiary/aromatic N) is 3. The first-order chi connectivity index (χ1) is 14.6. The van der Waals surface area contributed by atoms with Gasteiger partial charge in [0.1, 0.15) is 24.5 Å². The summed E-state index contributed by atoms with van der Waals surface area (Å²) in [6, 6.07) is 15.3. The van der Waals surface area contributed by atoms with E-state index in [0.29, 0.717) is 27.8 Å². The Balaban J connectivity index is 1.34. The van der Waals surface area contributed by atoms with Crippen molar-refractivity contribution >= 4 is 34.8 Å². The maximum atomic E-state index is 13.8. The molecule has 1 N–H and O–H groups in total. The fourth-order valence-electron chi connectivity index (χ4n) is 2.69. The molecular weight excluding hydrogens is 427 g/mol. The number of benzene rings is 2. The number of anilines is 1. The average molecular weight is 443 g/mol. The molecule has 30 heavy (non-hydrogen) atoms. The van der Waals surface area contributed by atoms with Gasteiger partial charge >= 0.3 is 0 Å². The summed E-state index contributed by atoms with van der Waals surface area (Å²) in [5.74, 6) is 0.174. The first-order valence-corrected chi connectivity index (χ1v) is 10.2. The van der Waals surface area contributed by atoms with E-state index in [1.54, 1.807) is 36.4 Å². The van der Waals surface area contributed by atoms with Gasteiger partial charge in [0.05, 0.1) is 11.4 Å². The molecule has 6 nitrogen and oxygen atoms in total. The molecule has 0 unspecified atom stereocenters. The van der Waals surface area contributed by atoms with Crippen LogP contribution in [0.1, 0.15) is 20.8 Å². The lowest BCUT2D eigenvalue weighted by atomic mass is 10.2. The van der Waals surface area contributed by atoms with Crippen LogP contribution in [0.2, 0.25) is 5.02 Å². The summed E-state index contributed by atoms with van der Waals surface area (Å²) < 4.78 is 20.9. The number of amides is 1. The molecule has 0 saturated heterocycles. The van der Waals surface area contributed by atoms with Crippen molar-refractivity contribution in [3.05, 3.63) is 93.1 Å². The van der Waals surface area contributed by atoms with Crippen molar-refractivity contribution in [2.75, 3.05) is 5.32 Å². The molecule has 1 amide bonds. The molecule has 2 aromatic carbocycles. The van der Waals surface area contributed by atoms with Crippen molar-refractivity contribution in [3.8, 4) is 5.75 Å². The molecule has 0 aliphatic carbocycles. The topological polar surface area (TPSA) is 69.0 Å². The average Bonchev–Trinajstić information content (AvgIpc) is 3.38. The Morgan fingerprint density at radius 2 is 2.07 bits per heavy atom. The van der Waals surface area contributed by atoms with E-state index in [-0.39, 0.29) is 24.2 Å². The quantitative estimate of drug-likeness (QED) is 0.436. The summed E-state index contributed by atoms with van der Waals surface area (Å²) in [7, 11) is 0. The Morgan fingerprint density at radius 3 is 2.90 bits per heavy atom. The molecule has 4 aromatic rings. The molecular formula is C21H16ClFN4O2S. The van der Waals surface area contributed by atoms with Crippen LogP contribution in [-0.2, 0) is 13.2 Å². The summed E-state index contributed by atoms with van der Waals surface area (Å²) in [5, 5.41) is 9.28. The third-order valence-electron chi connectivity index (χ3n) is 4.13. The molecule has 0 atom stereocenters. The molecule has 0 radical (unpaired) electrons.